The second-order valence-corrected chi connectivity index (χ2v) is 9.13. The lowest BCUT2D eigenvalue weighted by molar-refractivity contribution is 0.0517. The molecule has 0 unspecified atom stereocenters. The molecule has 3 aromatic rings. The number of morpholine rings is 1. The van der Waals surface area contributed by atoms with E-state index in [1.165, 1.54) is 29.2 Å². The number of fused-ring (bicyclic) bond motifs is 1. The van der Waals surface area contributed by atoms with Crippen LogP contribution < -0.4 is 15.2 Å². The van der Waals surface area contributed by atoms with Crippen LogP contribution in [0.2, 0.25) is 0 Å². The standard InChI is InChI=1S/C26H29F2N3O4/c1-15-14-31(6-7-34-15)24-13-23(32)22-9-17(26(33)29(3)4)8-21(25(22)35-24)16(2)30(5)20-11-18(27)10-19(28)12-20/h8-13,15-16H,6-7,14H2,1-5H3/t15-,16+/m1/s1. The van der Waals surface area contributed by atoms with E-state index in [9.17, 15) is 18.4 Å². The molecule has 1 fully saturated rings. The van der Waals surface area contributed by atoms with E-state index < -0.39 is 17.7 Å². The summed E-state index contributed by atoms with van der Waals surface area (Å²) in [6.45, 7) is 5.43. The van der Waals surface area contributed by atoms with Crippen molar-refractivity contribution in [1.82, 2.24) is 4.90 Å². The van der Waals surface area contributed by atoms with Gasteiger partial charge in [-0.15, -0.1) is 0 Å². The number of halogens is 2. The molecule has 2 aromatic carbocycles. The minimum Gasteiger partial charge on any atom is -0.440 e. The summed E-state index contributed by atoms with van der Waals surface area (Å²) in [6, 6.07) is 7.42. The van der Waals surface area contributed by atoms with Crippen LogP contribution in [0, 0.1) is 11.6 Å². The van der Waals surface area contributed by atoms with E-state index in [4.69, 9.17) is 9.15 Å². The highest BCUT2D eigenvalue weighted by Gasteiger charge is 2.25. The summed E-state index contributed by atoms with van der Waals surface area (Å²) in [6.07, 6.45) is -0.0164. The summed E-state index contributed by atoms with van der Waals surface area (Å²) in [5, 5.41) is 0.267. The largest absolute Gasteiger partial charge is 0.440 e. The van der Waals surface area contributed by atoms with E-state index >= 15 is 0 Å². The lowest BCUT2D eigenvalue weighted by Gasteiger charge is -2.32. The molecular weight excluding hydrogens is 456 g/mol. The first-order valence-electron chi connectivity index (χ1n) is 11.4. The molecule has 0 radical (unpaired) electrons. The highest BCUT2D eigenvalue weighted by atomic mass is 19.1. The zero-order valence-corrected chi connectivity index (χ0v) is 20.5. The molecule has 2 atom stereocenters. The Kier molecular flexibility index (Phi) is 6.80. The Hall–Kier alpha value is -3.46. The van der Waals surface area contributed by atoms with Gasteiger partial charge in [0.15, 0.2) is 11.3 Å². The molecule has 0 saturated carbocycles. The summed E-state index contributed by atoms with van der Waals surface area (Å²) in [5.41, 5.74) is 1.25. The summed E-state index contributed by atoms with van der Waals surface area (Å²) >= 11 is 0. The van der Waals surface area contributed by atoms with Crippen LogP contribution in [0.3, 0.4) is 0 Å². The fourth-order valence-electron chi connectivity index (χ4n) is 4.31. The average Bonchev–Trinajstić information content (AvgIpc) is 2.81. The van der Waals surface area contributed by atoms with E-state index in [-0.39, 0.29) is 22.8 Å². The van der Waals surface area contributed by atoms with E-state index in [1.807, 2.05) is 18.7 Å². The first-order valence-corrected chi connectivity index (χ1v) is 11.4. The SMILES string of the molecule is C[C@@H]1CN(c2cc(=O)c3cc(C(=O)N(C)C)cc([C@H](C)N(C)c4cc(F)cc(F)c4)c3o2)CCO1. The molecule has 0 aliphatic carbocycles. The molecule has 4 rings (SSSR count). The quantitative estimate of drug-likeness (QED) is 0.540. The van der Waals surface area contributed by atoms with Crippen LogP contribution in [0.4, 0.5) is 20.4 Å². The van der Waals surface area contributed by atoms with Crippen LogP contribution >= 0.6 is 0 Å². The number of ether oxygens (including phenoxy) is 1. The Morgan fingerprint density at radius 2 is 1.77 bits per heavy atom. The molecule has 7 nitrogen and oxygen atoms in total. The van der Waals surface area contributed by atoms with Gasteiger partial charge in [0.1, 0.15) is 17.2 Å². The summed E-state index contributed by atoms with van der Waals surface area (Å²) in [4.78, 5) is 31.1. The van der Waals surface area contributed by atoms with Crippen molar-refractivity contribution in [3.63, 3.8) is 0 Å². The summed E-state index contributed by atoms with van der Waals surface area (Å²) < 4.78 is 39.7. The van der Waals surface area contributed by atoms with Gasteiger partial charge in [-0.1, -0.05) is 0 Å². The Bertz CT molecular complexity index is 1300. The van der Waals surface area contributed by atoms with Crippen LogP contribution in [0.15, 0.2) is 45.6 Å². The van der Waals surface area contributed by atoms with E-state index in [0.717, 1.165) is 6.07 Å². The third-order valence-electron chi connectivity index (χ3n) is 6.34. The fourth-order valence-corrected chi connectivity index (χ4v) is 4.31. The summed E-state index contributed by atoms with van der Waals surface area (Å²) in [5.74, 6) is -1.26. The van der Waals surface area contributed by atoms with Gasteiger partial charge < -0.3 is 23.9 Å². The zero-order valence-electron chi connectivity index (χ0n) is 20.5. The Labute approximate surface area is 202 Å². The van der Waals surface area contributed by atoms with Crippen molar-refractivity contribution in [3.8, 4) is 0 Å². The van der Waals surface area contributed by atoms with E-state index in [2.05, 4.69) is 0 Å². The molecule has 0 N–H and O–H groups in total. The highest BCUT2D eigenvalue weighted by molar-refractivity contribution is 5.98. The molecular formula is C26H29F2N3O4. The minimum atomic E-state index is -0.698. The van der Waals surface area contributed by atoms with Gasteiger partial charge in [0.05, 0.1) is 24.1 Å². The molecule has 1 aromatic heterocycles. The smallest absolute Gasteiger partial charge is 0.253 e. The van der Waals surface area contributed by atoms with Crippen LogP contribution in [0.5, 0.6) is 0 Å². The van der Waals surface area contributed by atoms with E-state index in [0.29, 0.717) is 48.0 Å². The number of carbonyl (C=O) groups is 1. The zero-order chi connectivity index (χ0) is 25.4. The molecule has 0 spiro atoms. The third-order valence-corrected chi connectivity index (χ3v) is 6.34. The van der Waals surface area contributed by atoms with Crippen molar-refractivity contribution >= 4 is 28.4 Å². The molecule has 2 heterocycles. The maximum atomic E-state index is 13.9. The van der Waals surface area contributed by atoms with Crippen LogP contribution in [0.1, 0.15) is 35.8 Å². The number of anilines is 2. The second-order valence-electron chi connectivity index (χ2n) is 9.13. The van der Waals surface area contributed by atoms with Gasteiger partial charge in [-0.2, -0.15) is 0 Å². The van der Waals surface area contributed by atoms with Crippen molar-refractivity contribution < 1.29 is 22.7 Å². The first kappa shape index (κ1) is 24.7. The monoisotopic (exact) mass is 485 g/mol. The highest BCUT2D eigenvalue weighted by Crippen LogP contribution is 2.33. The maximum Gasteiger partial charge on any atom is 0.253 e. The van der Waals surface area contributed by atoms with Crippen LogP contribution in [0.25, 0.3) is 11.0 Å². The van der Waals surface area contributed by atoms with Crippen molar-refractivity contribution in [2.24, 2.45) is 0 Å². The molecule has 1 aliphatic rings. The molecule has 1 amide bonds. The van der Waals surface area contributed by atoms with E-state index in [1.54, 1.807) is 32.1 Å². The van der Waals surface area contributed by atoms with Crippen molar-refractivity contribution in [2.45, 2.75) is 26.0 Å². The normalized spacial score (nSPS) is 16.9. The lowest BCUT2D eigenvalue weighted by Crippen LogP contribution is -2.41. The van der Waals surface area contributed by atoms with Crippen LogP contribution in [-0.2, 0) is 4.74 Å². The molecule has 1 saturated heterocycles. The Balaban J connectivity index is 1.89. The van der Waals surface area contributed by atoms with Crippen LogP contribution in [-0.4, -0.2) is 57.8 Å². The van der Waals surface area contributed by atoms with Gasteiger partial charge in [0.25, 0.3) is 5.91 Å². The number of benzene rings is 2. The number of amides is 1. The number of hydrogen-bond donors (Lipinski definition) is 0. The topological polar surface area (TPSA) is 66.2 Å². The molecule has 186 valence electrons. The van der Waals surface area contributed by atoms with Gasteiger partial charge >= 0.3 is 0 Å². The minimum absolute atomic E-state index is 0.0164. The van der Waals surface area contributed by atoms with Gasteiger partial charge in [-0.05, 0) is 38.1 Å². The average molecular weight is 486 g/mol. The number of carbonyl (C=O) groups excluding carboxylic acids is 1. The van der Waals surface area contributed by atoms with Gasteiger partial charge in [0, 0.05) is 63.2 Å². The molecule has 35 heavy (non-hydrogen) atoms. The third kappa shape index (κ3) is 5.00. The molecule has 0 bridgehead atoms. The lowest BCUT2D eigenvalue weighted by atomic mass is 9.99. The number of nitrogens with zero attached hydrogens (tertiary/aromatic N) is 3. The van der Waals surface area contributed by atoms with Gasteiger partial charge in [0.2, 0.25) is 0 Å². The number of rotatable bonds is 5. The fraction of sp³-hybridized carbons (Fsp3) is 0.385. The Morgan fingerprint density at radius 1 is 1.09 bits per heavy atom. The predicted molar refractivity (Wildman–Crippen MR) is 131 cm³/mol. The van der Waals surface area contributed by atoms with Crippen molar-refractivity contribution in [1.29, 1.82) is 0 Å². The van der Waals surface area contributed by atoms with Gasteiger partial charge in [-0.25, -0.2) is 8.78 Å². The predicted octanol–water partition coefficient (Wildman–Crippen LogP) is 4.20. The summed E-state index contributed by atoms with van der Waals surface area (Å²) in [7, 11) is 4.95. The Morgan fingerprint density at radius 3 is 2.40 bits per heavy atom. The van der Waals surface area contributed by atoms with Crippen molar-refractivity contribution in [2.75, 3.05) is 50.6 Å². The van der Waals surface area contributed by atoms with Crippen molar-refractivity contribution in [3.05, 3.63) is 69.4 Å². The first-order chi connectivity index (χ1) is 16.5. The number of hydrogen-bond acceptors (Lipinski definition) is 6. The molecule has 9 heteroatoms. The second kappa shape index (κ2) is 9.65. The van der Waals surface area contributed by atoms with Gasteiger partial charge in [-0.3, -0.25) is 9.59 Å². The maximum absolute atomic E-state index is 13.9. The molecule has 1 aliphatic heterocycles.